The summed E-state index contributed by atoms with van der Waals surface area (Å²) in [4.78, 5) is 28.9. The van der Waals surface area contributed by atoms with Crippen LogP contribution in [0.2, 0.25) is 10.0 Å². The Morgan fingerprint density at radius 2 is 1.56 bits per heavy atom. The van der Waals surface area contributed by atoms with Gasteiger partial charge in [-0.15, -0.1) is 0 Å². The van der Waals surface area contributed by atoms with Crippen LogP contribution in [0.5, 0.6) is 0 Å². The fourth-order valence-electron chi connectivity index (χ4n) is 4.69. The molecule has 2 amide bonds. The average molecular weight is 527 g/mol. The van der Waals surface area contributed by atoms with Crippen molar-refractivity contribution in [1.29, 1.82) is 0 Å². The molecule has 36 heavy (non-hydrogen) atoms. The van der Waals surface area contributed by atoms with Gasteiger partial charge in [-0.2, -0.15) is 0 Å². The predicted octanol–water partition coefficient (Wildman–Crippen LogP) is 6.37. The standard InChI is InChI=1S/C29H29Cl2FN2O2/c30-24-14-8-15-25(31)23(24)18-28(35)34(19-21-11-4-7-16-26(21)32)27(17-20-9-2-1-3-10-20)29(36)33-22-12-5-6-13-22/h1-4,7-11,14-16,22,27H,5-6,12-13,17-19H2,(H,33,36). The highest BCUT2D eigenvalue weighted by Gasteiger charge is 2.33. The van der Waals surface area contributed by atoms with Crippen molar-refractivity contribution in [2.24, 2.45) is 0 Å². The number of hydrogen-bond donors (Lipinski definition) is 1. The second kappa shape index (κ2) is 12.4. The Morgan fingerprint density at radius 3 is 2.22 bits per heavy atom. The lowest BCUT2D eigenvalue weighted by Crippen LogP contribution is -2.52. The molecule has 1 fully saturated rings. The molecule has 1 saturated carbocycles. The fraction of sp³-hybridized carbons (Fsp3) is 0.310. The summed E-state index contributed by atoms with van der Waals surface area (Å²) in [6.45, 7) is -0.0524. The van der Waals surface area contributed by atoms with Gasteiger partial charge in [-0.3, -0.25) is 9.59 Å². The van der Waals surface area contributed by atoms with E-state index < -0.39 is 11.9 Å². The maximum absolute atomic E-state index is 14.7. The minimum atomic E-state index is -0.832. The number of benzene rings is 3. The van der Waals surface area contributed by atoms with Gasteiger partial charge in [-0.05, 0) is 42.2 Å². The summed E-state index contributed by atoms with van der Waals surface area (Å²) >= 11 is 12.7. The largest absolute Gasteiger partial charge is 0.352 e. The lowest BCUT2D eigenvalue weighted by Gasteiger charge is -2.32. The summed E-state index contributed by atoms with van der Waals surface area (Å²) in [6.07, 6.45) is 4.17. The van der Waals surface area contributed by atoms with Gasteiger partial charge in [0.25, 0.3) is 0 Å². The Kier molecular flexibility index (Phi) is 9.00. The van der Waals surface area contributed by atoms with E-state index in [1.54, 1.807) is 36.4 Å². The molecule has 0 aliphatic heterocycles. The van der Waals surface area contributed by atoms with Crippen molar-refractivity contribution in [3.05, 3.63) is 105 Å². The molecule has 0 bridgehead atoms. The number of halogens is 3. The summed E-state index contributed by atoms with van der Waals surface area (Å²) in [5, 5.41) is 3.89. The quantitative estimate of drug-likeness (QED) is 0.352. The Morgan fingerprint density at radius 1 is 0.917 bits per heavy atom. The highest BCUT2D eigenvalue weighted by molar-refractivity contribution is 6.36. The van der Waals surface area contributed by atoms with Gasteiger partial charge in [-0.25, -0.2) is 4.39 Å². The predicted molar refractivity (Wildman–Crippen MR) is 141 cm³/mol. The van der Waals surface area contributed by atoms with Gasteiger partial charge in [0.1, 0.15) is 11.9 Å². The third-order valence-corrected chi connectivity index (χ3v) is 7.37. The molecule has 1 aliphatic rings. The van der Waals surface area contributed by atoms with Crippen LogP contribution < -0.4 is 5.32 Å². The molecule has 0 radical (unpaired) electrons. The molecule has 1 aliphatic carbocycles. The van der Waals surface area contributed by atoms with Crippen LogP contribution in [-0.4, -0.2) is 28.8 Å². The SMILES string of the molecule is O=C(NC1CCCC1)C(Cc1ccccc1)N(Cc1ccccc1F)C(=O)Cc1c(Cl)cccc1Cl. The van der Waals surface area contributed by atoms with Gasteiger partial charge in [0.15, 0.2) is 0 Å². The highest BCUT2D eigenvalue weighted by Crippen LogP contribution is 2.27. The van der Waals surface area contributed by atoms with Crippen LogP contribution in [0, 0.1) is 5.82 Å². The summed E-state index contributed by atoms with van der Waals surface area (Å²) < 4.78 is 14.7. The van der Waals surface area contributed by atoms with Gasteiger partial charge < -0.3 is 10.2 Å². The second-order valence-electron chi connectivity index (χ2n) is 9.19. The second-order valence-corrected chi connectivity index (χ2v) is 10.00. The zero-order chi connectivity index (χ0) is 25.5. The Labute approximate surface area is 221 Å². The molecule has 4 rings (SSSR count). The third kappa shape index (κ3) is 6.65. The van der Waals surface area contributed by atoms with E-state index >= 15 is 0 Å². The average Bonchev–Trinajstić information content (AvgIpc) is 3.38. The molecule has 188 valence electrons. The highest BCUT2D eigenvalue weighted by atomic mass is 35.5. The van der Waals surface area contributed by atoms with Gasteiger partial charge in [0.2, 0.25) is 11.8 Å². The number of carbonyl (C=O) groups is 2. The van der Waals surface area contributed by atoms with E-state index in [-0.39, 0.29) is 30.8 Å². The van der Waals surface area contributed by atoms with Crippen molar-refractivity contribution >= 4 is 35.0 Å². The maximum Gasteiger partial charge on any atom is 0.243 e. The summed E-state index contributed by atoms with van der Waals surface area (Å²) in [6, 6.07) is 20.2. The zero-order valence-corrected chi connectivity index (χ0v) is 21.4. The summed E-state index contributed by atoms with van der Waals surface area (Å²) in [5.41, 5.74) is 1.73. The number of hydrogen-bond acceptors (Lipinski definition) is 2. The lowest BCUT2D eigenvalue weighted by molar-refractivity contribution is -0.141. The fourth-order valence-corrected chi connectivity index (χ4v) is 5.22. The van der Waals surface area contributed by atoms with Crippen molar-refractivity contribution in [1.82, 2.24) is 10.2 Å². The van der Waals surface area contributed by atoms with Crippen molar-refractivity contribution in [2.45, 2.75) is 57.2 Å². The molecule has 0 heterocycles. The molecule has 1 N–H and O–H groups in total. The first-order valence-electron chi connectivity index (χ1n) is 12.2. The number of amides is 2. The lowest BCUT2D eigenvalue weighted by atomic mass is 10.0. The van der Waals surface area contributed by atoms with Crippen LogP contribution in [0.3, 0.4) is 0 Å². The summed E-state index contributed by atoms with van der Waals surface area (Å²) in [7, 11) is 0. The zero-order valence-electron chi connectivity index (χ0n) is 19.9. The van der Waals surface area contributed by atoms with E-state index in [0.717, 1.165) is 31.2 Å². The van der Waals surface area contributed by atoms with Crippen molar-refractivity contribution < 1.29 is 14.0 Å². The molecule has 0 spiro atoms. The Balaban J connectivity index is 1.70. The molecule has 1 atom stereocenters. The molecular weight excluding hydrogens is 498 g/mol. The monoisotopic (exact) mass is 526 g/mol. The molecule has 1 unspecified atom stereocenters. The van der Waals surface area contributed by atoms with Crippen LogP contribution in [-0.2, 0) is 29.0 Å². The van der Waals surface area contributed by atoms with Gasteiger partial charge in [0.05, 0.1) is 6.42 Å². The minimum absolute atomic E-state index is 0.0524. The number of carbonyl (C=O) groups excluding carboxylic acids is 2. The Bertz CT molecular complexity index is 1180. The molecule has 0 aromatic heterocycles. The van der Waals surface area contributed by atoms with E-state index in [9.17, 15) is 14.0 Å². The van der Waals surface area contributed by atoms with E-state index in [1.807, 2.05) is 30.3 Å². The van der Waals surface area contributed by atoms with Crippen LogP contribution >= 0.6 is 23.2 Å². The molecule has 0 saturated heterocycles. The van der Waals surface area contributed by atoms with E-state index in [1.165, 1.54) is 11.0 Å². The third-order valence-electron chi connectivity index (χ3n) is 6.66. The van der Waals surface area contributed by atoms with E-state index in [4.69, 9.17) is 23.2 Å². The van der Waals surface area contributed by atoms with Crippen molar-refractivity contribution in [3.8, 4) is 0 Å². The van der Waals surface area contributed by atoms with Crippen molar-refractivity contribution in [2.75, 3.05) is 0 Å². The summed E-state index contributed by atoms with van der Waals surface area (Å²) in [5.74, 6) is -1.02. The molecule has 7 heteroatoms. The van der Waals surface area contributed by atoms with Crippen LogP contribution in [0.15, 0.2) is 72.8 Å². The maximum atomic E-state index is 14.7. The van der Waals surface area contributed by atoms with Crippen LogP contribution in [0.4, 0.5) is 4.39 Å². The van der Waals surface area contributed by atoms with Gasteiger partial charge >= 0.3 is 0 Å². The van der Waals surface area contributed by atoms with Gasteiger partial charge in [0, 0.05) is 34.6 Å². The minimum Gasteiger partial charge on any atom is -0.352 e. The Hall–Kier alpha value is -2.89. The normalized spacial score (nSPS) is 14.4. The van der Waals surface area contributed by atoms with E-state index in [2.05, 4.69) is 5.32 Å². The smallest absolute Gasteiger partial charge is 0.243 e. The van der Waals surface area contributed by atoms with Crippen LogP contribution in [0.25, 0.3) is 0 Å². The first kappa shape index (κ1) is 26.2. The topological polar surface area (TPSA) is 49.4 Å². The van der Waals surface area contributed by atoms with Crippen molar-refractivity contribution in [3.63, 3.8) is 0 Å². The molecular formula is C29H29Cl2FN2O2. The molecule has 3 aromatic carbocycles. The first-order chi connectivity index (χ1) is 17.4. The van der Waals surface area contributed by atoms with E-state index in [0.29, 0.717) is 27.6 Å². The molecule has 3 aromatic rings. The van der Waals surface area contributed by atoms with Crippen LogP contribution in [0.1, 0.15) is 42.4 Å². The first-order valence-corrected chi connectivity index (χ1v) is 13.0. The number of nitrogens with zero attached hydrogens (tertiary/aromatic N) is 1. The number of rotatable bonds is 9. The number of nitrogens with one attached hydrogen (secondary N) is 1. The van der Waals surface area contributed by atoms with Gasteiger partial charge in [-0.1, -0.05) is 90.6 Å². The molecule has 4 nitrogen and oxygen atoms in total.